The molecule has 2 rings (SSSR count). The normalized spacial score (nSPS) is 16.9. The Bertz CT molecular complexity index is 281. The molecule has 58 valence electrons. The lowest BCUT2D eigenvalue weighted by Gasteiger charge is -1.98. The monoisotopic (exact) mass is 168 g/mol. The minimum absolute atomic E-state index is 0.550. The van der Waals surface area contributed by atoms with Gasteiger partial charge in [-0.25, -0.2) is 4.98 Å². The third-order valence-electron chi connectivity index (χ3n) is 1.91. The van der Waals surface area contributed by atoms with Crippen LogP contribution in [-0.4, -0.2) is 9.97 Å². The Labute approximate surface area is 70.6 Å². The molecule has 3 heteroatoms. The van der Waals surface area contributed by atoms with E-state index in [1.54, 1.807) is 0 Å². The molecule has 0 amide bonds. The molecule has 1 heterocycles. The maximum Gasteiger partial charge on any atom is 0.150 e. The maximum absolute atomic E-state index is 5.81. The van der Waals surface area contributed by atoms with Gasteiger partial charge in [0.15, 0.2) is 5.15 Å². The first-order chi connectivity index (χ1) is 5.27. The first kappa shape index (κ1) is 7.04. The standard InChI is InChI=1S/C8H9ClN2/c1-5-8(9)11-7(4-10-5)6-2-3-6/h4,6H,2-3H2,1H3. The number of hydrogen-bond acceptors (Lipinski definition) is 2. The van der Waals surface area contributed by atoms with Gasteiger partial charge in [0.1, 0.15) is 0 Å². The fourth-order valence-electron chi connectivity index (χ4n) is 1.02. The Morgan fingerprint density at radius 2 is 2.27 bits per heavy atom. The molecular weight excluding hydrogens is 160 g/mol. The molecule has 0 radical (unpaired) electrons. The van der Waals surface area contributed by atoms with Crippen molar-refractivity contribution in [2.24, 2.45) is 0 Å². The van der Waals surface area contributed by atoms with Crippen LogP contribution in [0.4, 0.5) is 0 Å². The molecule has 1 aliphatic rings. The van der Waals surface area contributed by atoms with Gasteiger partial charge in [-0.05, 0) is 19.8 Å². The number of aromatic nitrogens is 2. The van der Waals surface area contributed by atoms with Crippen molar-refractivity contribution in [2.75, 3.05) is 0 Å². The summed E-state index contributed by atoms with van der Waals surface area (Å²) in [7, 11) is 0. The van der Waals surface area contributed by atoms with Gasteiger partial charge in [-0.1, -0.05) is 11.6 Å². The van der Waals surface area contributed by atoms with E-state index in [0.29, 0.717) is 11.1 Å². The molecule has 0 N–H and O–H groups in total. The van der Waals surface area contributed by atoms with Crippen molar-refractivity contribution in [3.63, 3.8) is 0 Å². The molecule has 0 saturated heterocycles. The quantitative estimate of drug-likeness (QED) is 0.643. The van der Waals surface area contributed by atoms with E-state index >= 15 is 0 Å². The van der Waals surface area contributed by atoms with Crippen LogP contribution in [0.15, 0.2) is 6.20 Å². The van der Waals surface area contributed by atoms with Crippen molar-refractivity contribution < 1.29 is 0 Å². The molecule has 0 unspecified atom stereocenters. The third kappa shape index (κ3) is 1.36. The smallest absolute Gasteiger partial charge is 0.150 e. The molecule has 0 spiro atoms. The summed E-state index contributed by atoms with van der Waals surface area (Å²) in [6.45, 7) is 1.87. The SMILES string of the molecule is Cc1ncc(C2CC2)nc1Cl. The Hall–Kier alpha value is -0.630. The van der Waals surface area contributed by atoms with Crippen LogP contribution in [0.25, 0.3) is 0 Å². The summed E-state index contributed by atoms with van der Waals surface area (Å²) in [5.41, 5.74) is 1.87. The zero-order chi connectivity index (χ0) is 7.84. The van der Waals surface area contributed by atoms with Crippen LogP contribution in [0, 0.1) is 6.92 Å². The van der Waals surface area contributed by atoms with Crippen LogP contribution >= 0.6 is 11.6 Å². The Balaban J connectivity index is 2.36. The van der Waals surface area contributed by atoms with Gasteiger partial charge in [0.2, 0.25) is 0 Å². The largest absolute Gasteiger partial charge is 0.256 e. The summed E-state index contributed by atoms with van der Waals surface area (Å²) in [4.78, 5) is 8.38. The highest BCUT2D eigenvalue weighted by Crippen LogP contribution is 2.38. The highest BCUT2D eigenvalue weighted by atomic mass is 35.5. The summed E-state index contributed by atoms with van der Waals surface area (Å²) in [5.74, 6) is 0.639. The van der Waals surface area contributed by atoms with Gasteiger partial charge < -0.3 is 0 Å². The van der Waals surface area contributed by atoms with E-state index in [1.807, 2.05) is 13.1 Å². The third-order valence-corrected chi connectivity index (χ3v) is 2.27. The molecule has 0 bridgehead atoms. The Kier molecular flexibility index (Phi) is 1.57. The summed E-state index contributed by atoms with van der Waals surface area (Å²) >= 11 is 5.81. The average molecular weight is 169 g/mol. The summed E-state index contributed by atoms with van der Waals surface area (Å²) in [5, 5.41) is 0.550. The van der Waals surface area contributed by atoms with Gasteiger partial charge in [0.05, 0.1) is 11.4 Å². The summed E-state index contributed by atoms with van der Waals surface area (Å²) in [6, 6.07) is 0. The van der Waals surface area contributed by atoms with Crippen molar-refractivity contribution in [3.05, 3.63) is 22.7 Å². The molecule has 2 nitrogen and oxygen atoms in total. The van der Waals surface area contributed by atoms with Gasteiger partial charge in [0, 0.05) is 12.1 Å². The van der Waals surface area contributed by atoms with Gasteiger partial charge in [-0.3, -0.25) is 4.98 Å². The minimum atomic E-state index is 0.550. The number of rotatable bonds is 1. The second-order valence-corrected chi connectivity index (χ2v) is 3.30. The van der Waals surface area contributed by atoms with Crippen LogP contribution in [0.1, 0.15) is 30.1 Å². The molecule has 1 fully saturated rings. The van der Waals surface area contributed by atoms with E-state index in [-0.39, 0.29) is 0 Å². The second-order valence-electron chi connectivity index (χ2n) is 2.95. The van der Waals surface area contributed by atoms with E-state index < -0.39 is 0 Å². The molecule has 0 aromatic carbocycles. The average Bonchev–Trinajstić information content (AvgIpc) is 2.77. The molecule has 1 aromatic rings. The maximum atomic E-state index is 5.81. The van der Waals surface area contributed by atoms with E-state index in [4.69, 9.17) is 11.6 Å². The first-order valence-corrected chi connectivity index (χ1v) is 4.14. The van der Waals surface area contributed by atoms with Gasteiger partial charge in [0.25, 0.3) is 0 Å². The lowest BCUT2D eigenvalue weighted by atomic mass is 10.3. The molecule has 0 aliphatic heterocycles. The molecular formula is C8H9ClN2. The van der Waals surface area contributed by atoms with Crippen LogP contribution in [0.3, 0.4) is 0 Å². The molecule has 1 aromatic heterocycles. The fraction of sp³-hybridized carbons (Fsp3) is 0.500. The highest BCUT2D eigenvalue weighted by molar-refractivity contribution is 6.29. The molecule has 1 aliphatic carbocycles. The zero-order valence-electron chi connectivity index (χ0n) is 6.34. The number of hydrogen-bond donors (Lipinski definition) is 0. The van der Waals surface area contributed by atoms with Crippen LogP contribution in [0.2, 0.25) is 5.15 Å². The van der Waals surface area contributed by atoms with Crippen molar-refractivity contribution in [3.8, 4) is 0 Å². The van der Waals surface area contributed by atoms with Crippen molar-refractivity contribution >= 4 is 11.6 Å². The lowest BCUT2D eigenvalue weighted by Crippen LogP contribution is -1.92. The van der Waals surface area contributed by atoms with Gasteiger partial charge in [-0.15, -0.1) is 0 Å². The van der Waals surface area contributed by atoms with Gasteiger partial charge >= 0.3 is 0 Å². The number of halogens is 1. The number of aryl methyl sites for hydroxylation is 1. The predicted molar refractivity (Wildman–Crippen MR) is 43.8 cm³/mol. The predicted octanol–water partition coefficient (Wildman–Crippen LogP) is 2.32. The van der Waals surface area contributed by atoms with E-state index in [9.17, 15) is 0 Å². The van der Waals surface area contributed by atoms with Crippen LogP contribution in [-0.2, 0) is 0 Å². The van der Waals surface area contributed by atoms with Gasteiger partial charge in [-0.2, -0.15) is 0 Å². The Morgan fingerprint density at radius 1 is 1.55 bits per heavy atom. The fourth-order valence-corrected chi connectivity index (χ4v) is 1.16. The van der Waals surface area contributed by atoms with Crippen molar-refractivity contribution in [1.82, 2.24) is 9.97 Å². The van der Waals surface area contributed by atoms with E-state index in [2.05, 4.69) is 9.97 Å². The van der Waals surface area contributed by atoms with Crippen molar-refractivity contribution in [1.29, 1.82) is 0 Å². The molecule has 11 heavy (non-hydrogen) atoms. The lowest BCUT2D eigenvalue weighted by molar-refractivity contribution is 0.967. The summed E-state index contributed by atoms with van der Waals surface area (Å²) in [6.07, 6.45) is 4.32. The van der Waals surface area contributed by atoms with Crippen LogP contribution < -0.4 is 0 Å². The van der Waals surface area contributed by atoms with E-state index in [1.165, 1.54) is 12.8 Å². The Morgan fingerprint density at radius 3 is 2.82 bits per heavy atom. The highest BCUT2D eigenvalue weighted by Gasteiger charge is 2.25. The van der Waals surface area contributed by atoms with Crippen LogP contribution in [0.5, 0.6) is 0 Å². The molecule has 1 saturated carbocycles. The number of nitrogens with zero attached hydrogens (tertiary/aromatic N) is 2. The topological polar surface area (TPSA) is 25.8 Å². The van der Waals surface area contributed by atoms with Crippen molar-refractivity contribution in [2.45, 2.75) is 25.7 Å². The first-order valence-electron chi connectivity index (χ1n) is 3.76. The second kappa shape index (κ2) is 2.45. The summed E-state index contributed by atoms with van der Waals surface area (Å²) < 4.78 is 0. The van der Waals surface area contributed by atoms with E-state index in [0.717, 1.165) is 11.4 Å². The minimum Gasteiger partial charge on any atom is -0.256 e. The zero-order valence-corrected chi connectivity index (χ0v) is 7.10. The molecule has 0 atom stereocenters.